The maximum atomic E-state index is 12.0. The fourth-order valence-corrected chi connectivity index (χ4v) is 2.81. The molecule has 0 saturated carbocycles. The van der Waals surface area contributed by atoms with E-state index in [1.54, 1.807) is 12.7 Å². The Hall–Kier alpha value is -2.21. The maximum absolute atomic E-state index is 12.0. The summed E-state index contributed by atoms with van der Waals surface area (Å²) in [6.45, 7) is 3.82. The molecule has 1 aromatic heterocycles. The lowest BCUT2D eigenvalue weighted by molar-refractivity contribution is -0.117. The molecule has 1 aliphatic heterocycles. The van der Waals surface area contributed by atoms with Crippen LogP contribution in [-0.2, 0) is 11.3 Å². The highest BCUT2D eigenvalue weighted by Gasteiger charge is 2.29. The number of aromatic nitrogens is 3. The van der Waals surface area contributed by atoms with E-state index in [0.717, 1.165) is 37.2 Å². The normalized spacial score (nSPS) is 18.0. The predicted octanol–water partition coefficient (Wildman–Crippen LogP) is 1.77. The molecule has 0 spiro atoms. The van der Waals surface area contributed by atoms with Crippen molar-refractivity contribution in [2.75, 3.05) is 11.9 Å². The first kappa shape index (κ1) is 14.7. The zero-order valence-corrected chi connectivity index (χ0v) is 12.7. The largest absolute Gasteiger partial charge is 0.325 e. The molecule has 0 fully saturated rings. The van der Waals surface area contributed by atoms with E-state index in [1.165, 1.54) is 0 Å². The van der Waals surface area contributed by atoms with Crippen LogP contribution in [0.5, 0.6) is 0 Å². The van der Waals surface area contributed by atoms with Gasteiger partial charge in [0.2, 0.25) is 5.91 Å². The molecule has 22 heavy (non-hydrogen) atoms. The summed E-state index contributed by atoms with van der Waals surface area (Å²) in [5.74, 6) is 0.0736. The molecular weight excluding hydrogens is 278 g/mol. The fourth-order valence-electron chi connectivity index (χ4n) is 2.81. The Morgan fingerprint density at radius 2 is 2.27 bits per heavy atom. The van der Waals surface area contributed by atoms with Gasteiger partial charge in [-0.3, -0.25) is 9.48 Å². The molecule has 3 rings (SSSR count). The lowest BCUT2D eigenvalue weighted by atomic mass is 9.97. The molecule has 6 heteroatoms. The van der Waals surface area contributed by atoms with Crippen molar-refractivity contribution in [1.82, 2.24) is 20.1 Å². The first-order valence-electron chi connectivity index (χ1n) is 7.69. The van der Waals surface area contributed by atoms with Crippen LogP contribution in [0.2, 0.25) is 0 Å². The summed E-state index contributed by atoms with van der Waals surface area (Å²) < 4.78 is 1.83. The Bertz CT molecular complexity index is 625. The minimum Gasteiger partial charge on any atom is -0.325 e. The number of benzene rings is 1. The minimum atomic E-state index is -0.0359. The Kier molecular flexibility index (Phi) is 4.48. The second-order valence-corrected chi connectivity index (χ2v) is 5.72. The second-order valence-electron chi connectivity index (χ2n) is 5.72. The van der Waals surface area contributed by atoms with E-state index in [2.05, 4.69) is 27.6 Å². The Labute approximate surface area is 129 Å². The number of para-hydroxylation sites is 1. The van der Waals surface area contributed by atoms with Crippen molar-refractivity contribution in [2.45, 2.75) is 38.3 Å². The van der Waals surface area contributed by atoms with Gasteiger partial charge in [-0.2, -0.15) is 5.10 Å². The molecule has 2 N–H and O–H groups in total. The molecule has 6 nitrogen and oxygen atoms in total. The Morgan fingerprint density at radius 1 is 1.41 bits per heavy atom. The standard InChI is InChI=1S/C16H21N5O/c1-12(7-9-21-11-17-10-19-21)18-8-6-14-13-4-2-3-5-15(13)20-16(14)22/h2-5,10-12,14,18H,6-9H2,1H3,(H,20,22). The Balaban J connectivity index is 1.44. The molecule has 116 valence electrons. The number of nitrogens with zero attached hydrogens (tertiary/aromatic N) is 3. The highest BCUT2D eigenvalue weighted by Crippen LogP contribution is 2.33. The summed E-state index contributed by atoms with van der Waals surface area (Å²) >= 11 is 0. The van der Waals surface area contributed by atoms with Crippen LogP contribution >= 0.6 is 0 Å². The van der Waals surface area contributed by atoms with Gasteiger partial charge in [-0.1, -0.05) is 18.2 Å². The zero-order chi connectivity index (χ0) is 15.4. The van der Waals surface area contributed by atoms with Gasteiger partial charge in [-0.25, -0.2) is 4.98 Å². The predicted molar refractivity (Wildman–Crippen MR) is 84.5 cm³/mol. The average Bonchev–Trinajstić information content (AvgIpc) is 3.13. The van der Waals surface area contributed by atoms with E-state index in [4.69, 9.17) is 0 Å². The maximum Gasteiger partial charge on any atom is 0.232 e. The van der Waals surface area contributed by atoms with Crippen LogP contribution in [0.3, 0.4) is 0 Å². The third kappa shape index (κ3) is 3.33. The van der Waals surface area contributed by atoms with Gasteiger partial charge in [-0.15, -0.1) is 0 Å². The SMILES string of the molecule is CC(CCn1cncn1)NCCC1C(=O)Nc2ccccc21. The van der Waals surface area contributed by atoms with Gasteiger partial charge in [0.15, 0.2) is 0 Å². The highest BCUT2D eigenvalue weighted by molar-refractivity contribution is 6.02. The molecule has 0 radical (unpaired) electrons. The monoisotopic (exact) mass is 299 g/mol. The number of anilines is 1. The number of aryl methyl sites for hydroxylation is 1. The third-order valence-corrected chi connectivity index (χ3v) is 4.09. The van der Waals surface area contributed by atoms with E-state index in [-0.39, 0.29) is 11.8 Å². The number of carbonyl (C=O) groups is 1. The van der Waals surface area contributed by atoms with Gasteiger partial charge in [0, 0.05) is 18.3 Å². The molecule has 0 saturated heterocycles. The van der Waals surface area contributed by atoms with Crippen molar-refractivity contribution in [3.63, 3.8) is 0 Å². The van der Waals surface area contributed by atoms with Crippen LogP contribution in [-0.4, -0.2) is 33.3 Å². The summed E-state index contributed by atoms with van der Waals surface area (Å²) in [7, 11) is 0. The van der Waals surface area contributed by atoms with E-state index in [1.807, 2.05) is 28.9 Å². The number of hydrogen-bond donors (Lipinski definition) is 2. The molecule has 2 atom stereocenters. The van der Waals surface area contributed by atoms with Crippen molar-refractivity contribution < 1.29 is 4.79 Å². The summed E-state index contributed by atoms with van der Waals surface area (Å²) in [5.41, 5.74) is 2.07. The highest BCUT2D eigenvalue weighted by atomic mass is 16.2. The average molecular weight is 299 g/mol. The van der Waals surface area contributed by atoms with Gasteiger partial charge in [0.05, 0.1) is 5.92 Å². The van der Waals surface area contributed by atoms with Crippen molar-refractivity contribution in [3.8, 4) is 0 Å². The molecule has 2 heterocycles. The smallest absolute Gasteiger partial charge is 0.232 e. The molecule has 2 unspecified atom stereocenters. The van der Waals surface area contributed by atoms with Crippen LogP contribution in [0.1, 0.15) is 31.2 Å². The van der Waals surface area contributed by atoms with Gasteiger partial charge in [0.25, 0.3) is 0 Å². The van der Waals surface area contributed by atoms with Crippen molar-refractivity contribution in [1.29, 1.82) is 0 Å². The second kappa shape index (κ2) is 6.70. The first-order chi connectivity index (χ1) is 10.7. The van der Waals surface area contributed by atoms with Gasteiger partial charge in [0.1, 0.15) is 12.7 Å². The van der Waals surface area contributed by atoms with Crippen molar-refractivity contribution >= 4 is 11.6 Å². The number of nitrogens with one attached hydrogen (secondary N) is 2. The van der Waals surface area contributed by atoms with Gasteiger partial charge < -0.3 is 10.6 Å². The molecule has 1 aliphatic rings. The van der Waals surface area contributed by atoms with Crippen LogP contribution in [0.15, 0.2) is 36.9 Å². The van der Waals surface area contributed by atoms with Crippen LogP contribution in [0.25, 0.3) is 0 Å². The van der Waals surface area contributed by atoms with Crippen LogP contribution in [0.4, 0.5) is 5.69 Å². The van der Waals surface area contributed by atoms with Gasteiger partial charge in [-0.05, 0) is 37.9 Å². The zero-order valence-electron chi connectivity index (χ0n) is 12.7. The summed E-state index contributed by atoms with van der Waals surface area (Å²) in [6.07, 6.45) is 5.08. The third-order valence-electron chi connectivity index (χ3n) is 4.09. The summed E-state index contributed by atoms with van der Waals surface area (Å²) in [5, 5.41) is 10.5. The van der Waals surface area contributed by atoms with E-state index in [0.29, 0.717) is 6.04 Å². The van der Waals surface area contributed by atoms with Gasteiger partial charge >= 0.3 is 0 Å². The molecule has 1 amide bonds. The molecule has 0 bridgehead atoms. The minimum absolute atomic E-state index is 0.0359. The molecule has 2 aromatic rings. The lowest BCUT2D eigenvalue weighted by Crippen LogP contribution is -2.30. The van der Waals surface area contributed by atoms with E-state index >= 15 is 0 Å². The number of hydrogen-bond acceptors (Lipinski definition) is 4. The number of carbonyl (C=O) groups excluding carboxylic acids is 1. The number of amides is 1. The fraction of sp³-hybridized carbons (Fsp3) is 0.438. The van der Waals surface area contributed by atoms with Crippen LogP contribution in [0, 0.1) is 0 Å². The number of rotatable bonds is 7. The summed E-state index contributed by atoms with van der Waals surface area (Å²) in [4.78, 5) is 16.0. The topological polar surface area (TPSA) is 71.8 Å². The van der Waals surface area contributed by atoms with E-state index < -0.39 is 0 Å². The quantitative estimate of drug-likeness (QED) is 0.817. The van der Waals surface area contributed by atoms with Crippen molar-refractivity contribution in [3.05, 3.63) is 42.5 Å². The molecular formula is C16H21N5O. The summed E-state index contributed by atoms with van der Waals surface area (Å²) in [6, 6.07) is 8.31. The Morgan fingerprint density at radius 3 is 3.09 bits per heavy atom. The van der Waals surface area contributed by atoms with Crippen LogP contribution < -0.4 is 10.6 Å². The van der Waals surface area contributed by atoms with Crippen molar-refractivity contribution in [2.24, 2.45) is 0 Å². The number of fused-ring (bicyclic) bond motifs is 1. The van der Waals surface area contributed by atoms with E-state index in [9.17, 15) is 4.79 Å². The molecule has 0 aliphatic carbocycles. The lowest BCUT2D eigenvalue weighted by Gasteiger charge is -2.15. The first-order valence-corrected chi connectivity index (χ1v) is 7.69. The molecule has 1 aromatic carbocycles.